The third-order valence-corrected chi connectivity index (χ3v) is 6.25. The molecule has 0 aromatic heterocycles. The van der Waals surface area contributed by atoms with E-state index in [1.807, 2.05) is 31.2 Å². The van der Waals surface area contributed by atoms with E-state index in [4.69, 9.17) is 0 Å². The summed E-state index contributed by atoms with van der Waals surface area (Å²) >= 11 is 0. The van der Waals surface area contributed by atoms with Crippen molar-refractivity contribution >= 4 is 27.4 Å². The maximum Gasteiger partial charge on any atom is 0.248 e. The zero-order valence-electron chi connectivity index (χ0n) is 14.4. The number of anilines is 1. The fourth-order valence-corrected chi connectivity index (χ4v) is 4.92. The average Bonchev–Trinajstić information content (AvgIpc) is 3.15. The molecule has 0 saturated carbocycles. The smallest absolute Gasteiger partial charge is 0.248 e. The number of hydrogen-bond acceptors (Lipinski definition) is 4. The van der Waals surface area contributed by atoms with Crippen molar-refractivity contribution < 1.29 is 13.2 Å². The molecule has 0 spiro atoms. The number of carbonyl (C=O) groups excluding carboxylic acids is 1. The Bertz CT molecular complexity index is 776. The lowest BCUT2D eigenvalue weighted by Gasteiger charge is -2.18. The molecule has 1 atom stereocenters. The normalized spacial score (nSPS) is 21.9. The van der Waals surface area contributed by atoms with E-state index in [-0.39, 0.29) is 30.0 Å². The van der Waals surface area contributed by atoms with Gasteiger partial charge in [-0.25, -0.2) is 13.4 Å². The van der Waals surface area contributed by atoms with Crippen molar-refractivity contribution in [3.05, 3.63) is 29.8 Å². The molecule has 2 heterocycles. The van der Waals surface area contributed by atoms with Crippen molar-refractivity contribution in [1.82, 2.24) is 10.6 Å². The lowest BCUT2D eigenvalue weighted by atomic mass is 10.2. The van der Waals surface area contributed by atoms with Gasteiger partial charge in [-0.3, -0.25) is 4.79 Å². The highest BCUT2D eigenvalue weighted by atomic mass is 32.2. The van der Waals surface area contributed by atoms with Gasteiger partial charge in [0.05, 0.1) is 11.5 Å². The van der Waals surface area contributed by atoms with Gasteiger partial charge in [0.15, 0.2) is 15.8 Å². The quantitative estimate of drug-likeness (QED) is 0.593. The summed E-state index contributed by atoms with van der Waals surface area (Å²) in [7, 11) is -2.95. The second-order valence-corrected chi connectivity index (χ2v) is 8.59. The summed E-state index contributed by atoms with van der Waals surface area (Å²) in [5, 5.41) is 6.20. The minimum Gasteiger partial charge on any atom is -0.357 e. The topological polar surface area (TPSA) is 90.9 Å². The van der Waals surface area contributed by atoms with Crippen molar-refractivity contribution in [3.63, 3.8) is 0 Å². The zero-order valence-corrected chi connectivity index (χ0v) is 15.2. The number of guanidine groups is 1. The summed E-state index contributed by atoms with van der Waals surface area (Å²) in [6.45, 7) is 3.29. The van der Waals surface area contributed by atoms with Gasteiger partial charge in [-0.1, -0.05) is 18.2 Å². The molecule has 1 aromatic carbocycles. The third kappa shape index (κ3) is 4.31. The first-order chi connectivity index (χ1) is 12.0. The molecule has 3 rings (SSSR count). The number of fused-ring (bicyclic) bond motifs is 1. The number of carbonyl (C=O) groups is 1. The number of benzene rings is 1. The monoisotopic (exact) mass is 364 g/mol. The number of amides is 1. The molecule has 2 aliphatic heterocycles. The molecule has 1 fully saturated rings. The van der Waals surface area contributed by atoms with E-state index in [0.717, 1.165) is 12.1 Å². The van der Waals surface area contributed by atoms with Crippen molar-refractivity contribution in [1.29, 1.82) is 0 Å². The fraction of sp³-hybridized carbons (Fsp3) is 0.529. The highest BCUT2D eigenvalue weighted by molar-refractivity contribution is 7.91. The molecule has 7 nitrogen and oxygen atoms in total. The highest BCUT2D eigenvalue weighted by Crippen LogP contribution is 2.27. The van der Waals surface area contributed by atoms with Gasteiger partial charge in [0.1, 0.15) is 6.54 Å². The first-order valence-corrected chi connectivity index (χ1v) is 10.4. The molecule has 1 amide bonds. The van der Waals surface area contributed by atoms with Gasteiger partial charge in [0.25, 0.3) is 0 Å². The first kappa shape index (κ1) is 17.7. The van der Waals surface area contributed by atoms with E-state index in [1.165, 1.54) is 5.56 Å². The molecule has 1 saturated heterocycles. The molecule has 0 bridgehead atoms. The third-order valence-electron chi connectivity index (χ3n) is 4.48. The van der Waals surface area contributed by atoms with E-state index in [2.05, 4.69) is 15.6 Å². The van der Waals surface area contributed by atoms with Crippen LogP contribution in [-0.4, -0.2) is 57.5 Å². The minimum absolute atomic E-state index is 0.0309. The summed E-state index contributed by atoms with van der Waals surface area (Å²) < 4.78 is 23.2. The number of nitrogens with zero attached hydrogens (tertiary/aromatic N) is 2. The molecule has 25 heavy (non-hydrogen) atoms. The Kier molecular flexibility index (Phi) is 5.27. The molecular weight excluding hydrogens is 340 g/mol. The summed E-state index contributed by atoms with van der Waals surface area (Å²) in [4.78, 5) is 18.6. The highest BCUT2D eigenvalue weighted by Gasteiger charge is 2.28. The van der Waals surface area contributed by atoms with Crippen molar-refractivity contribution in [2.75, 3.05) is 36.0 Å². The van der Waals surface area contributed by atoms with E-state index >= 15 is 0 Å². The molecule has 1 aromatic rings. The van der Waals surface area contributed by atoms with Crippen LogP contribution in [0.3, 0.4) is 0 Å². The van der Waals surface area contributed by atoms with E-state index < -0.39 is 9.84 Å². The largest absolute Gasteiger partial charge is 0.357 e. The van der Waals surface area contributed by atoms with Gasteiger partial charge in [-0.2, -0.15) is 0 Å². The summed E-state index contributed by atoms with van der Waals surface area (Å²) in [6.07, 6.45) is 1.43. The number of sulfone groups is 1. The van der Waals surface area contributed by atoms with E-state index in [0.29, 0.717) is 25.5 Å². The predicted molar refractivity (Wildman–Crippen MR) is 98.7 cm³/mol. The van der Waals surface area contributed by atoms with Crippen LogP contribution in [-0.2, 0) is 21.1 Å². The zero-order chi connectivity index (χ0) is 17.9. The Balaban J connectivity index is 1.63. The minimum atomic E-state index is -2.95. The molecule has 0 radical (unpaired) electrons. The number of para-hydroxylation sites is 1. The van der Waals surface area contributed by atoms with Gasteiger partial charge in [0, 0.05) is 24.8 Å². The first-order valence-electron chi connectivity index (χ1n) is 8.62. The van der Waals surface area contributed by atoms with Crippen molar-refractivity contribution in [2.45, 2.75) is 25.8 Å². The van der Waals surface area contributed by atoms with Crippen LogP contribution in [0.5, 0.6) is 0 Å². The van der Waals surface area contributed by atoms with Crippen LogP contribution in [0.1, 0.15) is 18.9 Å². The molecular formula is C17H24N4O3S. The SMILES string of the molecule is CCNC(=NCC(=O)N1CCc2ccccc21)NC1CCS(=O)(=O)C1. The lowest BCUT2D eigenvalue weighted by Crippen LogP contribution is -2.44. The van der Waals surface area contributed by atoms with Crippen LogP contribution in [0.15, 0.2) is 29.3 Å². The van der Waals surface area contributed by atoms with Crippen LogP contribution in [0, 0.1) is 0 Å². The van der Waals surface area contributed by atoms with Crippen LogP contribution in [0.25, 0.3) is 0 Å². The Morgan fingerprint density at radius 3 is 2.88 bits per heavy atom. The standard InChI is InChI=1S/C17H24N4O3S/c1-2-18-17(20-14-8-10-25(23,24)12-14)19-11-16(22)21-9-7-13-5-3-4-6-15(13)21/h3-6,14H,2,7-12H2,1H3,(H2,18,19,20). The average molecular weight is 364 g/mol. The Morgan fingerprint density at radius 1 is 1.36 bits per heavy atom. The van der Waals surface area contributed by atoms with E-state index in [1.54, 1.807) is 4.90 Å². The Hall–Kier alpha value is -2.09. The maximum absolute atomic E-state index is 12.5. The van der Waals surface area contributed by atoms with Gasteiger partial charge >= 0.3 is 0 Å². The van der Waals surface area contributed by atoms with Gasteiger partial charge in [-0.15, -0.1) is 0 Å². The summed E-state index contributed by atoms with van der Waals surface area (Å²) in [6, 6.07) is 7.76. The molecule has 136 valence electrons. The summed E-state index contributed by atoms with van der Waals surface area (Å²) in [5.41, 5.74) is 2.14. The molecule has 8 heteroatoms. The van der Waals surface area contributed by atoms with Crippen LogP contribution in [0.2, 0.25) is 0 Å². The fourth-order valence-electron chi connectivity index (χ4n) is 3.25. The Labute approximate surface area is 148 Å². The Morgan fingerprint density at radius 2 is 2.16 bits per heavy atom. The maximum atomic E-state index is 12.5. The number of aliphatic imine (C=N–C) groups is 1. The number of nitrogens with one attached hydrogen (secondary N) is 2. The second-order valence-electron chi connectivity index (χ2n) is 6.36. The molecule has 2 N–H and O–H groups in total. The van der Waals surface area contributed by atoms with Crippen molar-refractivity contribution in [3.8, 4) is 0 Å². The van der Waals surface area contributed by atoms with Crippen molar-refractivity contribution in [2.24, 2.45) is 4.99 Å². The number of hydrogen-bond donors (Lipinski definition) is 2. The lowest BCUT2D eigenvalue weighted by molar-refractivity contribution is -0.117. The van der Waals surface area contributed by atoms with Crippen LogP contribution < -0.4 is 15.5 Å². The molecule has 2 aliphatic rings. The van der Waals surface area contributed by atoms with Gasteiger partial charge in [0.2, 0.25) is 5.91 Å². The molecule has 0 aliphatic carbocycles. The van der Waals surface area contributed by atoms with Gasteiger partial charge in [-0.05, 0) is 31.4 Å². The van der Waals surface area contributed by atoms with Crippen LogP contribution in [0.4, 0.5) is 5.69 Å². The summed E-state index contributed by atoms with van der Waals surface area (Å²) in [5.74, 6) is 0.755. The predicted octanol–water partition coefficient (Wildman–Crippen LogP) is 0.318. The van der Waals surface area contributed by atoms with Crippen LogP contribution >= 0.6 is 0 Å². The van der Waals surface area contributed by atoms with E-state index in [9.17, 15) is 13.2 Å². The molecule has 1 unspecified atom stereocenters. The second kappa shape index (κ2) is 7.43. The number of rotatable bonds is 4. The van der Waals surface area contributed by atoms with Gasteiger partial charge < -0.3 is 15.5 Å².